The summed E-state index contributed by atoms with van der Waals surface area (Å²) in [5, 5.41) is 29.8. The van der Waals surface area contributed by atoms with E-state index >= 15 is 0 Å². The molecular formula is C26H26N6O3. The van der Waals surface area contributed by atoms with E-state index in [1.54, 1.807) is 48.6 Å². The Kier molecular flexibility index (Phi) is 7.24. The van der Waals surface area contributed by atoms with Gasteiger partial charge < -0.3 is 20.1 Å². The SMILES string of the molecule is CCOc1cc(C(=O)N(CCO)Cc2cnc(NC)c3cn[nH]c23)ccc1-c1cccc(C#N)c1. The van der Waals surface area contributed by atoms with Crippen LogP contribution in [0.1, 0.15) is 28.4 Å². The number of fused-ring (bicyclic) bond motifs is 1. The van der Waals surface area contributed by atoms with E-state index < -0.39 is 0 Å². The maximum Gasteiger partial charge on any atom is 0.254 e. The molecule has 3 N–H and O–H groups in total. The van der Waals surface area contributed by atoms with Crippen molar-refractivity contribution in [2.75, 3.05) is 32.1 Å². The molecule has 0 aliphatic rings. The van der Waals surface area contributed by atoms with Crippen LogP contribution in [0.15, 0.2) is 54.9 Å². The van der Waals surface area contributed by atoms with Gasteiger partial charge in [0.15, 0.2) is 0 Å². The quantitative estimate of drug-likeness (QED) is 0.341. The maximum absolute atomic E-state index is 13.5. The zero-order valence-corrected chi connectivity index (χ0v) is 19.6. The molecule has 0 bridgehead atoms. The fraction of sp³-hybridized carbons (Fsp3) is 0.231. The first-order valence-corrected chi connectivity index (χ1v) is 11.3. The summed E-state index contributed by atoms with van der Waals surface area (Å²) in [6.07, 6.45) is 3.38. The molecule has 2 aromatic carbocycles. The van der Waals surface area contributed by atoms with Gasteiger partial charge in [0, 0.05) is 43.0 Å². The first-order valence-electron chi connectivity index (χ1n) is 11.3. The van der Waals surface area contributed by atoms with Crippen LogP contribution in [0.4, 0.5) is 5.82 Å². The number of aromatic amines is 1. The molecule has 0 radical (unpaired) electrons. The van der Waals surface area contributed by atoms with Gasteiger partial charge in [0.2, 0.25) is 0 Å². The molecule has 178 valence electrons. The summed E-state index contributed by atoms with van der Waals surface area (Å²) in [6.45, 7) is 2.50. The summed E-state index contributed by atoms with van der Waals surface area (Å²) in [7, 11) is 1.78. The second-order valence-corrected chi connectivity index (χ2v) is 7.83. The predicted molar refractivity (Wildman–Crippen MR) is 133 cm³/mol. The standard InChI is InChI=1S/C26H26N6O3/c1-3-35-23-12-19(7-8-21(23)18-6-4-5-17(11-18)13-27)26(34)32(9-10-33)16-20-14-29-25(28-2)22-15-30-31-24(20)22/h4-8,11-12,14-15,33H,3,9-10,16H2,1-2H3,(H,28,29)(H,30,31). The highest BCUT2D eigenvalue weighted by Crippen LogP contribution is 2.32. The van der Waals surface area contributed by atoms with Gasteiger partial charge in [-0.15, -0.1) is 0 Å². The minimum atomic E-state index is -0.248. The average molecular weight is 471 g/mol. The fourth-order valence-electron chi connectivity index (χ4n) is 3.99. The normalized spacial score (nSPS) is 10.7. The van der Waals surface area contributed by atoms with E-state index in [2.05, 4.69) is 26.6 Å². The number of carbonyl (C=O) groups excluding carboxylic acids is 1. The zero-order valence-electron chi connectivity index (χ0n) is 19.6. The second-order valence-electron chi connectivity index (χ2n) is 7.83. The van der Waals surface area contributed by atoms with Gasteiger partial charge >= 0.3 is 0 Å². The molecule has 0 spiro atoms. The topological polar surface area (TPSA) is 127 Å². The van der Waals surface area contributed by atoms with E-state index in [9.17, 15) is 15.2 Å². The monoisotopic (exact) mass is 470 g/mol. The molecule has 0 atom stereocenters. The Bertz CT molecular complexity index is 1390. The number of hydrogen-bond acceptors (Lipinski definition) is 7. The van der Waals surface area contributed by atoms with Crippen LogP contribution in [-0.4, -0.2) is 57.9 Å². The highest BCUT2D eigenvalue weighted by atomic mass is 16.5. The number of aliphatic hydroxyl groups excluding tert-OH is 1. The van der Waals surface area contributed by atoms with E-state index in [0.717, 1.165) is 27.6 Å². The van der Waals surface area contributed by atoms with Gasteiger partial charge in [0.25, 0.3) is 5.91 Å². The third-order valence-corrected chi connectivity index (χ3v) is 5.65. The highest BCUT2D eigenvalue weighted by Gasteiger charge is 2.20. The van der Waals surface area contributed by atoms with Crippen molar-refractivity contribution in [1.29, 1.82) is 5.26 Å². The highest BCUT2D eigenvalue weighted by molar-refractivity contribution is 5.96. The van der Waals surface area contributed by atoms with Crippen LogP contribution in [-0.2, 0) is 6.54 Å². The van der Waals surface area contributed by atoms with Crippen molar-refractivity contribution in [2.24, 2.45) is 0 Å². The van der Waals surface area contributed by atoms with E-state index in [1.807, 2.05) is 25.1 Å². The number of amides is 1. The number of aromatic nitrogens is 3. The number of aliphatic hydroxyl groups is 1. The van der Waals surface area contributed by atoms with E-state index in [4.69, 9.17) is 4.74 Å². The molecule has 1 amide bonds. The van der Waals surface area contributed by atoms with Crippen molar-refractivity contribution >= 4 is 22.6 Å². The number of nitriles is 1. The predicted octanol–water partition coefficient (Wildman–Crippen LogP) is 3.57. The van der Waals surface area contributed by atoms with Crippen molar-refractivity contribution in [3.63, 3.8) is 0 Å². The molecule has 0 fully saturated rings. The van der Waals surface area contributed by atoms with Gasteiger partial charge in [0.1, 0.15) is 11.6 Å². The van der Waals surface area contributed by atoms with Crippen molar-refractivity contribution < 1.29 is 14.6 Å². The fourth-order valence-corrected chi connectivity index (χ4v) is 3.99. The summed E-state index contributed by atoms with van der Waals surface area (Å²) in [4.78, 5) is 19.5. The molecule has 9 nitrogen and oxygen atoms in total. The summed E-state index contributed by atoms with van der Waals surface area (Å²) < 4.78 is 5.85. The van der Waals surface area contributed by atoms with Crippen molar-refractivity contribution in [2.45, 2.75) is 13.5 Å². The summed E-state index contributed by atoms with van der Waals surface area (Å²) in [5.74, 6) is 0.992. The number of pyridine rings is 1. The van der Waals surface area contributed by atoms with Crippen molar-refractivity contribution in [3.05, 3.63) is 71.5 Å². The second kappa shape index (κ2) is 10.7. The van der Waals surface area contributed by atoms with Gasteiger partial charge in [-0.3, -0.25) is 9.89 Å². The minimum absolute atomic E-state index is 0.151. The first-order chi connectivity index (χ1) is 17.1. The lowest BCUT2D eigenvalue weighted by molar-refractivity contribution is 0.0708. The van der Waals surface area contributed by atoms with Crippen LogP contribution < -0.4 is 10.1 Å². The van der Waals surface area contributed by atoms with Gasteiger partial charge in [-0.05, 0) is 42.8 Å². The molecule has 9 heteroatoms. The molecule has 0 aliphatic heterocycles. The molecule has 35 heavy (non-hydrogen) atoms. The number of ether oxygens (including phenoxy) is 1. The molecule has 4 aromatic rings. The van der Waals surface area contributed by atoms with Crippen molar-refractivity contribution in [3.8, 4) is 22.9 Å². The number of H-pyrrole nitrogens is 1. The minimum Gasteiger partial charge on any atom is -0.493 e. The number of nitrogens with zero attached hydrogens (tertiary/aromatic N) is 4. The van der Waals surface area contributed by atoms with Gasteiger partial charge in [-0.1, -0.05) is 12.1 Å². The molecule has 2 aromatic heterocycles. The maximum atomic E-state index is 13.5. The van der Waals surface area contributed by atoms with E-state index in [0.29, 0.717) is 29.3 Å². The third kappa shape index (κ3) is 4.93. The lowest BCUT2D eigenvalue weighted by Crippen LogP contribution is -2.33. The zero-order chi connectivity index (χ0) is 24.8. The third-order valence-electron chi connectivity index (χ3n) is 5.65. The number of nitrogens with one attached hydrogen (secondary N) is 2. The smallest absolute Gasteiger partial charge is 0.254 e. The lowest BCUT2D eigenvalue weighted by Gasteiger charge is -2.23. The Balaban J connectivity index is 1.67. The average Bonchev–Trinajstić information content (AvgIpc) is 3.39. The van der Waals surface area contributed by atoms with E-state index in [1.165, 1.54) is 0 Å². The largest absolute Gasteiger partial charge is 0.493 e. The van der Waals surface area contributed by atoms with Crippen molar-refractivity contribution in [1.82, 2.24) is 20.1 Å². The molecule has 0 unspecified atom stereocenters. The number of hydrogen-bond donors (Lipinski definition) is 3. The number of carbonyl (C=O) groups is 1. The number of benzene rings is 2. The molecule has 0 saturated carbocycles. The molecular weight excluding hydrogens is 444 g/mol. The molecule has 0 aliphatic carbocycles. The molecule has 2 heterocycles. The van der Waals surface area contributed by atoms with E-state index in [-0.39, 0.29) is 25.6 Å². The van der Waals surface area contributed by atoms with Crippen LogP contribution in [0.2, 0.25) is 0 Å². The van der Waals surface area contributed by atoms with Crippen LogP contribution in [0.5, 0.6) is 5.75 Å². The lowest BCUT2D eigenvalue weighted by atomic mass is 10.00. The summed E-state index contributed by atoms with van der Waals surface area (Å²) in [6, 6.07) is 14.6. The Morgan fingerprint density at radius 2 is 2.11 bits per heavy atom. The Morgan fingerprint density at radius 1 is 1.26 bits per heavy atom. The first kappa shape index (κ1) is 23.7. The molecule has 0 saturated heterocycles. The Morgan fingerprint density at radius 3 is 2.86 bits per heavy atom. The van der Waals surface area contributed by atoms with Gasteiger partial charge in [0.05, 0.1) is 41.9 Å². The van der Waals surface area contributed by atoms with Gasteiger partial charge in [-0.25, -0.2) is 4.98 Å². The van der Waals surface area contributed by atoms with Crippen LogP contribution in [0.25, 0.3) is 22.0 Å². The van der Waals surface area contributed by atoms with Crippen LogP contribution in [0, 0.1) is 11.3 Å². The molecule has 4 rings (SSSR count). The number of rotatable bonds is 9. The summed E-state index contributed by atoms with van der Waals surface area (Å²) >= 11 is 0. The Labute approximate surface area is 203 Å². The number of anilines is 1. The van der Waals surface area contributed by atoms with Crippen LogP contribution in [0.3, 0.4) is 0 Å². The van der Waals surface area contributed by atoms with Crippen LogP contribution >= 0.6 is 0 Å². The van der Waals surface area contributed by atoms with Gasteiger partial charge in [-0.2, -0.15) is 10.4 Å². The Hall–Kier alpha value is -4.42. The summed E-state index contributed by atoms with van der Waals surface area (Å²) in [5.41, 5.74) is 4.16.